The van der Waals surface area contributed by atoms with Crippen molar-refractivity contribution in [3.63, 3.8) is 0 Å². The third kappa shape index (κ3) is 3.25. The van der Waals surface area contributed by atoms with E-state index in [9.17, 15) is 19.1 Å². The van der Waals surface area contributed by atoms with Gasteiger partial charge < -0.3 is 24.6 Å². The number of fused-ring (bicyclic) bond motifs is 1. The molecule has 2 N–H and O–H groups in total. The Bertz CT molecular complexity index is 1030. The SMILES string of the molecule is CN[C@H](C)[C@H]1CCN(c2c(C(=O)O)c(=O)c3cc(F)cc(OC)c3n2C2CC2)C1. The highest BCUT2D eigenvalue weighted by Gasteiger charge is 2.37. The molecular formula is C21H26FN3O4. The maximum absolute atomic E-state index is 14.1. The van der Waals surface area contributed by atoms with Gasteiger partial charge in [0.1, 0.15) is 22.9 Å². The molecule has 1 aromatic heterocycles. The van der Waals surface area contributed by atoms with Gasteiger partial charge >= 0.3 is 5.97 Å². The number of rotatable bonds is 6. The van der Waals surface area contributed by atoms with Crippen molar-refractivity contribution in [2.45, 2.75) is 38.3 Å². The summed E-state index contributed by atoms with van der Waals surface area (Å²) in [6, 6.07) is 2.72. The van der Waals surface area contributed by atoms with Crippen molar-refractivity contribution < 1.29 is 19.0 Å². The molecule has 7 nitrogen and oxygen atoms in total. The minimum absolute atomic E-state index is 0.0502. The fourth-order valence-corrected chi connectivity index (χ4v) is 4.43. The number of aromatic carboxylic acids is 1. The van der Waals surface area contributed by atoms with Crippen molar-refractivity contribution in [2.24, 2.45) is 5.92 Å². The van der Waals surface area contributed by atoms with Crippen LogP contribution in [-0.4, -0.2) is 48.9 Å². The first-order valence-corrected chi connectivity index (χ1v) is 9.98. The number of hydrogen-bond acceptors (Lipinski definition) is 5. The molecule has 0 bridgehead atoms. The Morgan fingerprint density at radius 2 is 2.07 bits per heavy atom. The number of nitrogens with zero attached hydrogens (tertiary/aromatic N) is 2. The first-order chi connectivity index (χ1) is 13.9. The van der Waals surface area contributed by atoms with Gasteiger partial charge in [0.25, 0.3) is 0 Å². The van der Waals surface area contributed by atoms with Crippen molar-refractivity contribution >= 4 is 22.7 Å². The molecule has 2 atom stereocenters. The summed E-state index contributed by atoms with van der Waals surface area (Å²) in [5.74, 6) is -0.887. The number of carboxylic acid groups (broad SMARTS) is 1. The fourth-order valence-electron chi connectivity index (χ4n) is 4.43. The molecule has 8 heteroatoms. The van der Waals surface area contributed by atoms with Gasteiger partial charge in [-0.25, -0.2) is 9.18 Å². The Balaban J connectivity index is 2.01. The van der Waals surface area contributed by atoms with Crippen LogP contribution in [-0.2, 0) is 0 Å². The second kappa shape index (κ2) is 7.33. The van der Waals surface area contributed by atoms with Crippen molar-refractivity contribution in [3.8, 4) is 5.75 Å². The van der Waals surface area contributed by atoms with E-state index in [1.165, 1.54) is 13.2 Å². The summed E-state index contributed by atoms with van der Waals surface area (Å²) in [6.07, 6.45) is 2.67. The van der Waals surface area contributed by atoms with Gasteiger partial charge in [-0.3, -0.25) is 4.79 Å². The third-order valence-corrected chi connectivity index (χ3v) is 6.24. The molecule has 156 valence electrons. The van der Waals surface area contributed by atoms with Gasteiger partial charge in [0, 0.05) is 31.2 Å². The van der Waals surface area contributed by atoms with E-state index in [1.807, 2.05) is 16.5 Å². The van der Waals surface area contributed by atoms with Gasteiger partial charge in [-0.15, -0.1) is 0 Å². The summed E-state index contributed by atoms with van der Waals surface area (Å²) in [7, 11) is 3.34. The summed E-state index contributed by atoms with van der Waals surface area (Å²) in [6.45, 7) is 3.42. The second-order valence-corrected chi connectivity index (χ2v) is 8.01. The molecule has 1 saturated heterocycles. The van der Waals surface area contributed by atoms with Crippen LogP contribution in [0.1, 0.15) is 42.6 Å². The molecule has 2 heterocycles. The Labute approximate surface area is 168 Å². The van der Waals surface area contributed by atoms with Gasteiger partial charge in [-0.1, -0.05) is 0 Å². The van der Waals surface area contributed by atoms with E-state index >= 15 is 0 Å². The average molecular weight is 403 g/mol. The molecule has 2 fully saturated rings. The Morgan fingerprint density at radius 3 is 2.66 bits per heavy atom. The number of carbonyl (C=O) groups is 1. The molecule has 29 heavy (non-hydrogen) atoms. The lowest BCUT2D eigenvalue weighted by molar-refractivity contribution is 0.0695. The first kappa shape index (κ1) is 19.7. The number of hydrogen-bond donors (Lipinski definition) is 2. The predicted octanol–water partition coefficient (Wildman–Crippen LogP) is 2.62. The molecule has 0 amide bonds. The quantitative estimate of drug-likeness (QED) is 0.772. The van der Waals surface area contributed by atoms with Crippen molar-refractivity contribution in [2.75, 3.05) is 32.1 Å². The molecule has 1 saturated carbocycles. The zero-order valence-electron chi connectivity index (χ0n) is 16.9. The number of methoxy groups -OCH3 is 1. The van der Waals surface area contributed by atoms with Crippen LogP contribution in [0.15, 0.2) is 16.9 Å². The van der Waals surface area contributed by atoms with E-state index < -0.39 is 17.2 Å². The van der Waals surface area contributed by atoms with Crippen LogP contribution in [0.25, 0.3) is 10.9 Å². The zero-order chi connectivity index (χ0) is 20.9. The lowest BCUT2D eigenvalue weighted by Gasteiger charge is -2.28. The lowest BCUT2D eigenvalue weighted by Crippen LogP contribution is -2.35. The molecule has 1 aliphatic heterocycles. The standard InChI is InChI=1S/C21H26FN3O4/c1-11(23-2)12-6-7-24(10-12)20-17(21(27)28)19(26)15-8-13(22)9-16(29-3)18(15)25(20)14-4-5-14/h8-9,11-12,14,23H,4-7,10H2,1-3H3,(H,27,28)/t11-,12+/m1/s1. The minimum atomic E-state index is -1.28. The first-order valence-electron chi connectivity index (χ1n) is 9.98. The summed E-state index contributed by atoms with van der Waals surface area (Å²) in [5, 5.41) is 13.2. The number of halogens is 1. The molecule has 4 rings (SSSR count). The molecular weight excluding hydrogens is 377 g/mol. The molecule has 2 aromatic rings. The summed E-state index contributed by atoms with van der Waals surface area (Å²) in [5.41, 5.74) is -0.469. The van der Waals surface area contributed by atoms with Crippen molar-refractivity contribution in [1.29, 1.82) is 0 Å². The van der Waals surface area contributed by atoms with Crippen LogP contribution in [0.3, 0.4) is 0 Å². The monoisotopic (exact) mass is 403 g/mol. The number of nitrogens with one attached hydrogen (secondary N) is 1. The summed E-state index contributed by atoms with van der Waals surface area (Å²) in [4.78, 5) is 27.4. The maximum Gasteiger partial charge on any atom is 0.343 e. The minimum Gasteiger partial charge on any atom is -0.494 e. The smallest absolute Gasteiger partial charge is 0.343 e. The van der Waals surface area contributed by atoms with Crippen LogP contribution in [0.5, 0.6) is 5.75 Å². The van der Waals surface area contributed by atoms with Crippen LogP contribution < -0.4 is 20.4 Å². The number of aromatic nitrogens is 1. The molecule has 2 aliphatic rings. The van der Waals surface area contributed by atoms with Gasteiger partial charge in [0.15, 0.2) is 0 Å². The third-order valence-electron chi connectivity index (χ3n) is 6.24. The van der Waals surface area contributed by atoms with E-state index in [1.54, 1.807) is 0 Å². The number of carboxylic acids is 1. The molecule has 1 aliphatic carbocycles. The van der Waals surface area contributed by atoms with E-state index in [4.69, 9.17) is 4.74 Å². The van der Waals surface area contributed by atoms with Crippen LogP contribution in [0.2, 0.25) is 0 Å². The van der Waals surface area contributed by atoms with E-state index in [-0.39, 0.29) is 28.8 Å². The normalized spacial score (nSPS) is 20.3. The number of benzene rings is 1. The summed E-state index contributed by atoms with van der Waals surface area (Å²) >= 11 is 0. The Morgan fingerprint density at radius 1 is 1.34 bits per heavy atom. The van der Waals surface area contributed by atoms with E-state index in [2.05, 4.69) is 12.2 Å². The topological polar surface area (TPSA) is 83.8 Å². The Hall–Kier alpha value is -2.61. The second-order valence-electron chi connectivity index (χ2n) is 8.01. The highest BCUT2D eigenvalue weighted by Crippen LogP contribution is 2.44. The number of anilines is 1. The van der Waals surface area contributed by atoms with Gasteiger partial charge in [-0.05, 0) is 45.2 Å². The Kier molecular flexibility index (Phi) is 4.98. The predicted molar refractivity (Wildman–Crippen MR) is 109 cm³/mol. The molecule has 0 radical (unpaired) electrons. The average Bonchev–Trinajstić information content (AvgIpc) is 3.42. The lowest BCUT2D eigenvalue weighted by atomic mass is 10.0. The molecule has 0 spiro atoms. The molecule has 1 aromatic carbocycles. The van der Waals surface area contributed by atoms with Crippen LogP contribution >= 0.6 is 0 Å². The highest BCUT2D eigenvalue weighted by atomic mass is 19.1. The van der Waals surface area contributed by atoms with Crippen LogP contribution in [0, 0.1) is 11.7 Å². The van der Waals surface area contributed by atoms with Crippen molar-refractivity contribution in [1.82, 2.24) is 9.88 Å². The maximum atomic E-state index is 14.1. The molecule has 0 unspecified atom stereocenters. The van der Waals surface area contributed by atoms with Gasteiger partial charge in [-0.2, -0.15) is 0 Å². The van der Waals surface area contributed by atoms with Crippen molar-refractivity contribution in [3.05, 3.63) is 33.7 Å². The summed E-state index contributed by atoms with van der Waals surface area (Å²) < 4.78 is 21.4. The number of pyridine rings is 1. The number of ether oxygens (including phenoxy) is 1. The van der Waals surface area contributed by atoms with Gasteiger partial charge in [0.2, 0.25) is 5.43 Å². The van der Waals surface area contributed by atoms with Gasteiger partial charge in [0.05, 0.1) is 18.0 Å². The zero-order valence-corrected chi connectivity index (χ0v) is 16.9. The fraction of sp³-hybridized carbons (Fsp3) is 0.524. The highest BCUT2D eigenvalue weighted by molar-refractivity contribution is 6.00. The largest absolute Gasteiger partial charge is 0.494 e. The van der Waals surface area contributed by atoms with E-state index in [0.717, 1.165) is 25.3 Å². The van der Waals surface area contributed by atoms with Crippen LogP contribution in [0.4, 0.5) is 10.2 Å². The van der Waals surface area contributed by atoms with E-state index in [0.29, 0.717) is 30.3 Å².